The van der Waals surface area contributed by atoms with E-state index in [0.717, 1.165) is 0 Å². The van der Waals surface area contributed by atoms with E-state index in [1.54, 1.807) is 12.1 Å². The second kappa shape index (κ2) is 5.26. The molecule has 1 N–H and O–H groups in total. The minimum Gasteiger partial charge on any atom is -0.308 e. The number of carbonyl (C=O) groups is 1. The fraction of sp³-hybridized carbons (Fsp3) is 0.375. The van der Waals surface area contributed by atoms with Crippen LogP contribution < -0.4 is 5.32 Å². The third-order valence-corrected chi connectivity index (χ3v) is 2.79. The molecule has 0 bridgehead atoms. The van der Waals surface area contributed by atoms with E-state index in [2.05, 4.69) is 31.4 Å². The van der Waals surface area contributed by atoms with Gasteiger partial charge in [0.25, 0.3) is 0 Å². The zero-order valence-corrected chi connectivity index (χ0v) is 9.84. The second-order valence-corrected chi connectivity index (χ2v) is 4.10. The van der Waals surface area contributed by atoms with E-state index in [4.69, 9.17) is 11.6 Å². The Balaban J connectivity index is 2.60. The van der Waals surface area contributed by atoms with Crippen LogP contribution in [-0.4, -0.2) is 20.9 Å². The van der Waals surface area contributed by atoms with Crippen LogP contribution in [0.3, 0.4) is 0 Å². The number of nitrogens with zero attached hydrogens (tertiary/aromatic N) is 2. The summed E-state index contributed by atoms with van der Waals surface area (Å²) >= 11 is 8.77. The van der Waals surface area contributed by atoms with Crippen molar-refractivity contribution in [3.05, 3.63) is 17.3 Å². The lowest BCUT2D eigenvalue weighted by molar-refractivity contribution is -0.115. The number of rotatable bonds is 3. The van der Waals surface area contributed by atoms with Gasteiger partial charge in [-0.2, -0.15) is 0 Å². The molecule has 0 aliphatic heterocycles. The maximum absolute atomic E-state index is 11.4. The summed E-state index contributed by atoms with van der Waals surface area (Å²) in [4.78, 5) is 11.2. The quantitative estimate of drug-likeness (QED) is 0.863. The van der Waals surface area contributed by atoms with E-state index in [0.29, 0.717) is 17.4 Å². The maximum Gasteiger partial charge on any atom is 0.239 e. The van der Waals surface area contributed by atoms with Crippen molar-refractivity contribution >= 4 is 39.3 Å². The van der Waals surface area contributed by atoms with Gasteiger partial charge in [0.2, 0.25) is 5.91 Å². The highest BCUT2D eigenvalue weighted by Gasteiger charge is 2.12. The molecule has 14 heavy (non-hydrogen) atoms. The molecule has 1 rings (SSSR count). The molecule has 0 aliphatic carbocycles. The molecule has 1 unspecified atom stereocenters. The number of aromatic nitrogens is 2. The number of hydrogen-bond acceptors (Lipinski definition) is 3. The molecular weight excluding hydrogens is 269 g/mol. The fourth-order valence-electron chi connectivity index (χ4n) is 0.773. The van der Waals surface area contributed by atoms with E-state index in [1.165, 1.54) is 0 Å². The Kier molecular flexibility index (Phi) is 4.28. The van der Waals surface area contributed by atoms with Crippen molar-refractivity contribution in [2.75, 3.05) is 5.32 Å². The van der Waals surface area contributed by atoms with Crippen molar-refractivity contribution < 1.29 is 4.79 Å². The first kappa shape index (κ1) is 11.4. The molecule has 1 heterocycles. The number of nitrogens with one attached hydrogen (secondary N) is 1. The fourth-order valence-corrected chi connectivity index (χ4v) is 0.988. The highest BCUT2D eigenvalue weighted by Crippen LogP contribution is 2.10. The first-order chi connectivity index (χ1) is 6.63. The topological polar surface area (TPSA) is 54.9 Å². The second-order valence-electron chi connectivity index (χ2n) is 2.61. The van der Waals surface area contributed by atoms with Crippen LogP contribution in [0.4, 0.5) is 5.82 Å². The highest BCUT2D eigenvalue weighted by atomic mass is 79.9. The predicted molar refractivity (Wildman–Crippen MR) is 58.7 cm³/mol. The SMILES string of the molecule is CCC(Br)C(=O)Nc1ccc(Cl)nn1. The number of carbonyl (C=O) groups excluding carboxylic acids is 1. The molecule has 1 aromatic rings. The molecule has 1 amide bonds. The number of anilines is 1. The van der Waals surface area contributed by atoms with E-state index >= 15 is 0 Å². The molecule has 6 heteroatoms. The maximum atomic E-state index is 11.4. The van der Waals surface area contributed by atoms with Gasteiger partial charge in [-0.1, -0.05) is 34.5 Å². The lowest BCUT2D eigenvalue weighted by atomic mass is 10.3. The first-order valence-corrected chi connectivity index (χ1v) is 5.37. The predicted octanol–water partition coefficient (Wildman–Crippen LogP) is 2.24. The molecule has 0 radical (unpaired) electrons. The largest absolute Gasteiger partial charge is 0.308 e. The average molecular weight is 279 g/mol. The molecule has 1 aromatic heterocycles. The van der Waals surface area contributed by atoms with E-state index < -0.39 is 0 Å². The van der Waals surface area contributed by atoms with Crippen LogP contribution in [0.25, 0.3) is 0 Å². The van der Waals surface area contributed by atoms with Gasteiger partial charge in [0, 0.05) is 0 Å². The van der Waals surface area contributed by atoms with Crippen molar-refractivity contribution in [2.45, 2.75) is 18.2 Å². The molecule has 0 aromatic carbocycles. The number of halogens is 2. The third-order valence-electron chi connectivity index (χ3n) is 1.53. The molecule has 0 fully saturated rings. The van der Waals surface area contributed by atoms with Gasteiger partial charge in [0.15, 0.2) is 11.0 Å². The van der Waals surface area contributed by atoms with Gasteiger partial charge < -0.3 is 5.32 Å². The van der Waals surface area contributed by atoms with Gasteiger partial charge in [0.1, 0.15) is 0 Å². The summed E-state index contributed by atoms with van der Waals surface area (Å²) in [5.74, 6) is 0.265. The van der Waals surface area contributed by atoms with Gasteiger partial charge >= 0.3 is 0 Å². The van der Waals surface area contributed by atoms with Crippen molar-refractivity contribution in [3.8, 4) is 0 Å². The molecule has 4 nitrogen and oxygen atoms in total. The molecule has 0 saturated carbocycles. The van der Waals surface area contributed by atoms with Crippen molar-refractivity contribution in [2.24, 2.45) is 0 Å². The first-order valence-electron chi connectivity index (χ1n) is 4.07. The summed E-state index contributed by atoms with van der Waals surface area (Å²) in [5.41, 5.74) is 0. The number of alkyl halides is 1. The minimum absolute atomic E-state index is 0.135. The third kappa shape index (κ3) is 3.23. The van der Waals surface area contributed by atoms with Gasteiger partial charge in [-0.25, -0.2) is 0 Å². The Morgan fingerprint density at radius 3 is 2.86 bits per heavy atom. The molecule has 0 aliphatic rings. The van der Waals surface area contributed by atoms with Crippen LogP contribution >= 0.6 is 27.5 Å². The summed E-state index contributed by atoms with van der Waals surface area (Å²) in [6, 6.07) is 3.17. The molecule has 1 atom stereocenters. The summed E-state index contributed by atoms with van der Waals surface area (Å²) < 4.78 is 0. The number of hydrogen-bond donors (Lipinski definition) is 1. The molecule has 76 valence electrons. The van der Waals surface area contributed by atoms with Crippen LogP contribution in [0.15, 0.2) is 12.1 Å². The van der Waals surface area contributed by atoms with Gasteiger partial charge in [0.05, 0.1) is 4.83 Å². The summed E-state index contributed by atoms with van der Waals surface area (Å²) in [6.45, 7) is 1.91. The lowest BCUT2D eigenvalue weighted by Crippen LogP contribution is -2.22. The minimum atomic E-state index is -0.208. The highest BCUT2D eigenvalue weighted by molar-refractivity contribution is 9.10. The van der Waals surface area contributed by atoms with E-state index in [9.17, 15) is 4.79 Å². The van der Waals surface area contributed by atoms with Crippen LogP contribution in [0, 0.1) is 0 Å². The lowest BCUT2D eigenvalue weighted by Gasteiger charge is -2.06. The van der Waals surface area contributed by atoms with Gasteiger partial charge in [-0.15, -0.1) is 10.2 Å². The van der Waals surface area contributed by atoms with Gasteiger partial charge in [-0.3, -0.25) is 4.79 Å². The molecular formula is C8H9BrClN3O. The Bertz CT molecular complexity index is 317. The van der Waals surface area contributed by atoms with Gasteiger partial charge in [-0.05, 0) is 18.6 Å². The van der Waals surface area contributed by atoms with Crippen molar-refractivity contribution in [1.82, 2.24) is 10.2 Å². The summed E-state index contributed by atoms with van der Waals surface area (Å²) in [5, 5.41) is 10.2. The summed E-state index contributed by atoms with van der Waals surface area (Å²) in [6.07, 6.45) is 0.715. The van der Waals surface area contributed by atoms with E-state index in [1.807, 2.05) is 6.92 Å². The zero-order valence-electron chi connectivity index (χ0n) is 7.50. The van der Waals surface area contributed by atoms with Crippen LogP contribution in [0.2, 0.25) is 5.15 Å². The van der Waals surface area contributed by atoms with Crippen LogP contribution in [0.5, 0.6) is 0 Å². The number of amides is 1. The standard InChI is InChI=1S/C8H9BrClN3O/c1-2-5(9)8(14)11-7-4-3-6(10)12-13-7/h3-5H,2H2,1H3,(H,11,13,14). The monoisotopic (exact) mass is 277 g/mol. The zero-order chi connectivity index (χ0) is 10.6. The Morgan fingerprint density at radius 1 is 1.64 bits per heavy atom. The Labute approximate surface area is 95.2 Å². The van der Waals surface area contributed by atoms with E-state index in [-0.39, 0.29) is 10.7 Å². The van der Waals surface area contributed by atoms with Crippen LogP contribution in [-0.2, 0) is 4.79 Å². The average Bonchev–Trinajstić information content (AvgIpc) is 2.20. The normalized spacial score (nSPS) is 12.2. The van der Waals surface area contributed by atoms with Crippen molar-refractivity contribution in [3.63, 3.8) is 0 Å². The smallest absolute Gasteiger partial charge is 0.239 e. The van der Waals surface area contributed by atoms with Crippen LogP contribution in [0.1, 0.15) is 13.3 Å². The van der Waals surface area contributed by atoms with Crippen molar-refractivity contribution in [1.29, 1.82) is 0 Å². The Hall–Kier alpha value is -0.680. The molecule has 0 spiro atoms. The summed E-state index contributed by atoms with van der Waals surface area (Å²) in [7, 11) is 0. The molecule has 0 saturated heterocycles. The Morgan fingerprint density at radius 2 is 2.36 bits per heavy atom.